The second-order valence-corrected chi connectivity index (χ2v) is 9.85. The molecule has 0 saturated carbocycles. The maximum Gasteiger partial charge on any atom is 0.338 e. The van der Waals surface area contributed by atoms with Gasteiger partial charge in [-0.15, -0.1) is 0 Å². The predicted octanol–water partition coefficient (Wildman–Crippen LogP) is 4.36. The lowest BCUT2D eigenvalue weighted by Crippen LogP contribution is -2.40. The Labute approximate surface area is 221 Å². The number of carbonyl (C=O) groups is 1. The molecule has 0 fully saturated rings. The molecule has 0 amide bonds. The molecule has 188 valence electrons. The first-order valence-corrected chi connectivity index (χ1v) is 13.3. The molecule has 0 N–H and O–H groups in total. The third-order valence-corrected chi connectivity index (χ3v) is 7.08. The van der Waals surface area contributed by atoms with Crippen molar-refractivity contribution in [3.8, 4) is 11.5 Å². The Morgan fingerprint density at radius 2 is 1.75 bits per heavy atom. The minimum atomic E-state index is -0.720. The van der Waals surface area contributed by atoms with Crippen LogP contribution in [0.25, 0.3) is 6.08 Å². The zero-order chi connectivity index (χ0) is 25.8. The fourth-order valence-corrected chi connectivity index (χ4v) is 5.37. The summed E-state index contributed by atoms with van der Waals surface area (Å²) in [7, 11) is 0. The number of carbonyl (C=O) groups excluding carboxylic acids is 1. The van der Waals surface area contributed by atoms with Crippen LogP contribution >= 0.6 is 27.3 Å². The van der Waals surface area contributed by atoms with Crippen molar-refractivity contribution in [2.45, 2.75) is 33.7 Å². The van der Waals surface area contributed by atoms with Crippen LogP contribution in [0.1, 0.15) is 44.9 Å². The molecule has 2 heterocycles. The highest BCUT2D eigenvalue weighted by Crippen LogP contribution is 2.36. The summed E-state index contributed by atoms with van der Waals surface area (Å²) in [6.45, 7) is 8.45. The number of benzene rings is 2. The number of rotatable bonds is 8. The molecular formula is C27H27BrN2O5S. The lowest BCUT2D eigenvalue weighted by molar-refractivity contribution is -0.139. The monoisotopic (exact) mass is 570 g/mol. The Balaban J connectivity index is 1.94. The molecule has 0 aliphatic carbocycles. The quantitative estimate of drug-likeness (QED) is 0.376. The first-order valence-electron chi connectivity index (χ1n) is 11.7. The minimum Gasteiger partial charge on any atom is -0.490 e. The van der Waals surface area contributed by atoms with Gasteiger partial charge in [0.25, 0.3) is 5.56 Å². The number of hydrogen-bond acceptors (Lipinski definition) is 7. The Bertz CT molecular complexity index is 1490. The largest absolute Gasteiger partial charge is 0.490 e. The van der Waals surface area contributed by atoms with Crippen molar-refractivity contribution in [1.29, 1.82) is 0 Å². The minimum absolute atomic E-state index is 0.212. The highest BCUT2D eigenvalue weighted by atomic mass is 79.9. The zero-order valence-corrected chi connectivity index (χ0v) is 22.9. The summed E-state index contributed by atoms with van der Waals surface area (Å²) in [6, 6.07) is 12.5. The van der Waals surface area contributed by atoms with Crippen LogP contribution in [-0.2, 0) is 9.53 Å². The van der Waals surface area contributed by atoms with Crippen molar-refractivity contribution >= 4 is 39.3 Å². The summed E-state index contributed by atoms with van der Waals surface area (Å²) in [5.74, 6) is 0.647. The first kappa shape index (κ1) is 25.9. The van der Waals surface area contributed by atoms with Crippen molar-refractivity contribution in [1.82, 2.24) is 4.57 Å². The van der Waals surface area contributed by atoms with E-state index in [1.807, 2.05) is 56.3 Å². The first-order chi connectivity index (χ1) is 17.4. The lowest BCUT2D eigenvalue weighted by Gasteiger charge is -2.25. The van der Waals surface area contributed by atoms with Crippen LogP contribution < -0.4 is 24.4 Å². The van der Waals surface area contributed by atoms with Crippen molar-refractivity contribution in [3.63, 3.8) is 0 Å². The summed E-state index contributed by atoms with van der Waals surface area (Å²) in [5.41, 5.74) is 2.21. The van der Waals surface area contributed by atoms with Gasteiger partial charge in [-0.25, -0.2) is 9.79 Å². The van der Waals surface area contributed by atoms with Crippen LogP contribution in [0.2, 0.25) is 0 Å². The van der Waals surface area contributed by atoms with Gasteiger partial charge < -0.3 is 14.2 Å². The summed E-state index contributed by atoms with van der Waals surface area (Å²) >= 11 is 4.73. The normalized spacial score (nSPS) is 15.4. The molecule has 7 nitrogen and oxygen atoms in total. The molecule has 36 heavy (non-hydrogen) atoms. The average Bonchev–Trinajstić information content (AvgIpc) is 3.15. The number of hydrogen-bond donors (Lipinski definition) is 0. The number of nitrogens with zero attached hydrogens (tertiary/aromatic N) is 2. The Morgan fingerprint density at radius 3 is 2.42 bits per heavy atom. The summed E-state index contributed by atoms with van der Waals surface area (Å²) in [4.78, 5) is 32.0. The van der Waals surface area contributed by atoms with E-state index in [0.717, 1.165) is 10.0 Å². The van der Waals surface area contributed by atoms with Crippen LogP contribution in [0.3, 0.4) is 0 Å². The molecule has 3 aromatic rings. The van der Waals surface area contributed by atoms with Gasteiger partial charge in [-0.05, 0) is 69.2 Å². The van der Waals surface area contributed by atoms with Crippen LogP contribution in [-0.4, -0.2) is 30.4 Å². The third kappa shape index (κ3) is 5.17. The molecule has 1 atom stereocenters. The summed E-state index contributed by atoms with van der Waals surface area (Å²) in [6.07, 6.45) is 1.83. The standard InChI is InChI=1S/C27H27BrN2O5S/c1-5-33-20-13-10-18(15-21(20)34-6-2)24-23(26(32)35-7-3)16(4)29-27-30(24)25(31)22(36-27)14-17-8-11-19(28)12-9-17/h8-15,24H,5-7H2,1-4H3/b22-14-/t24-/m1/s1. The van der Waals surface area contributed by atoms with Gasteiger partial charge >= 0.3 is 5.97 Å². The van der Waals surface area contributed by atoms with Crippen molar-refractivity contribution < 1.29 is 19.0 Å². The summed E-state index contributed by atoms with van der Waals surface area (Å²) < 4.78 is 20.0. The Morgan fingerprint density at radius 1 is 1.06 bits per heavy atom. The molecule has 0 unspecified atom stereocenters. The van der Waals surface area contributed by atoms with Gasteiger partial charge in [0.1, 0.15) is 0 Å². The molecule has 0 radical (unpaired) electrons. The Kier molecular flexibility index (Phi) is 8.11. The number of aromatic nitrogens is 1. The second kappa shape index (κ2) is 11.3. The molecule has 9 heteroatoms. The molecule has 2 aromatic carbocycles. The summed E-state index contributed by atoms with van der Waals surface area (Å²) in [5, 5.41) is 0. The second-order valence-electron chi connectivity index (χ2n) is 7.93. The van der Waals surface area contributed by atoms with E-state index in [0.29, 0.717) is 50.9 Å². The molecule has 4 rings (SSSR count). The van der Waals surface area contributed by atoms with E-state index in [1.54, 1.807) is 24.5 Å². The molecule has 0 spiro atoms. The molecule has 0 saturated heterocycles. The van der Waals surface area contributed by atoms with Gasteiger partial charge in [0.05, 0.1) is 41.7 Å². The van der Waals surface area contributed by atoms with Gasteiger partial charge in [0.2, 0.25) is 0 Å². The van der Waals surface area contributed by atoms with Gasteiger partial charge in [-0.2, -0.15) is 0 Å². The van der Waals surface area contributed by atoms with Crippen LogP contribution in [0, 0.1) is 0 Å². The molecule has 1 aliphatic rings. The number of fused-ring (bicyclic) bond motifs is 1. The number of esters is 1. The molecule has 1 aliphatic heterocycles. The van der Waals surface area contributed by atoms with Gasteiger partial charge in [-0.1, -0.05) is 45.5 Å². The third-order valence-electron chi connectivity index (χ3n) is 5.57. The molecule has 1 aromatic heterocycles. The van der Waals surface area contributed by atoms with Crippen LogP contribution in [0.15, 0.2) is 68.0 Å². The highest BCUT2D eigenvalue weighted by Gasteiger charge is 2.34. The molecule has 0 bridgehead atoms. The Hall–Kier alpha value is -3.17. The van der Waals surface area contributed by atoms with Gasteiger partial charge in [0.15, 0.2) is 16.3 Å². The van der Waals surface area contributed by atoms with E-state index in [9.17, 15) is 9.59 Å². The average molecular weight is 571 g/mol. The van der Waals surface area contributed by atoms with Crippen LogP contribution in [0.5, 0.6) is 11.5 Å². The van der Waals surface area contributed by atoms with E-state index in [-0.39, 0.29) is 12.2 Å². The smallest absolute Gasteiger partial charge is 0.338 e. The van der Waals surface area contributed by atoms with Gasteiger partial charge in [0, 0.05) is 4.47 Å². The van der Waals surface area contributed by atoms with Crippen LogP contribution in [0.4, 0.5) is 0 Å². The van der Waals surface area contributed by atoms with Gasteiger partial charge in [-0.3, -0.25) is 9.36 Å². The van der Waals surface area contributed by atoms with E-state index in [2.05, 4.69) is 20.9 Å². The maximum absolute atomic E-state index is 13.7. The van der Waals surface area contributed by atoms with Crippen molar-refractivity contribution in [2.75, 3.05) is 19.8 Å². The van der Waals surface area contributed by atoms with E-state index in [4.69, 9.17) is 14.2 Å². The van der Waals surface area contributed by atoms with E-state index < -0.39 is 12.0 Å². The van der Waals surface area contributed by atoms with E-state index >= 15 is 0 Å². The zero-order valence-electron chi connectivity index (χ0n) is 20.5. The highest BCUT2D eigenvalue weighted by molar-refractivity contribution is 9.10. The number of ether oxygens (including phenoxy) is 3. The number of allylic oxidation sites excluding steroid dienone is 1. The fraction of sp³-hybridized carbons (Fsp3) is 0.296. The number of thiazole rings is 1. The van der Waals surface area contributed by atoms with Crippen molar-refractivity contribution in [3.05, 3.63) is 89.0 Å². The maximum atomic E-state index is 13.7. The number of halogens is 1. The predicted molar refractivity (Wildman–Crippen MR) is 143 cm³/mol. The lowest BCUT2D eigenvalue weighted by atomic mass is 9.95. The van der Waals surface area contributed by atoms with Crippen molar-refractivity contribution in [2.24, 2.45) is 4.99 Å². The fourth-order valence-electron chi connectivity index (χ4n) is 4.06. The topological polar surface area (TPSA) is 79.1 Å². The molecular weight excluding hydrogens is 544 g/mol. The van der Waals surface area contributed by atoms with E-state index in [1.165, 1.54) is 11.3 Å². The SMILES string of the molecule is CCOC(=O)C1=C(C)N=c2s/c(=C\c3ccc(Br)cc3)c(=O)n2[C@@H]1c1ccc(OCC)c(OCC)c1.